The number of ether oxygens (including phenoxy) is 2. The van der Waals surface area contributed by atoms with E-state index in [1.165, 1.54) is 0 Å². The average molecular weight is 200 g/mol. The number of aliphatic hydroxyl groups is 1. The molecule has 1 heterocycles. The molecule has 1 saturated heterocycles. The van der Waals surface area contributed by atoms with E-state index < -0.39 is 5.60 Å². The first kappa shape index (κ1) is 10.4. The molecule has 14 heavy (non-hydrogen) atoms. The van der Waals surface area contributed by atoms with Gasteiger partial charge in [-0.1, -0.05) is 0 Å². The van der Waals surface area contributed by atoms with Crippen molar-refractivity contribution in [2.75, 3.05) is 19.8 Å². The molecule has 1 aliphatic carbocycles. The van der Waals surface area contributed by atoms with Crippen LogP contribution in [-0.4, -0.2) is 36.6 Å². The highest BCUT2D eigenvalue weighted by molar-refractivity contribution is 5.00. The molecule has 1 N–H and O–H groups in total. The van der Waals surface area contributed by atoms with Crippen molar-refractivity contribution in [3.05, 3.63) is 0 Å². The van der Waals surface area contributed by atoms with Crippen LogP contribution in [0.2, 0.25) is 0 Å². The second-order valence-corrected chi connectivity index (χ2v) is 4.48. The predicted molar refractivity (Wildman–Crippen MR) is 53.1 cm³/mol. The molecule has 2 rings (SSSR count). The van der Waals surface area contributed by atoms with Crippen LogP contribution in [0.1, 0.15) is 32.6 Å². The molecule has 0 atom stereocenters. The van der Waals surface area contributed by atoms with Gasteiger partial charge in [-0.15, -0.1) is 0 Å². The Bertz CT molecular complexity index is 181. The zero-order valence-electron chi connectivity index (χ0n) is 8.87. The normalized spacial score (nSPS) is 39.4. The molecule has 2 aliphatic rings. The fourth-order valence-electron chi connectivity index (χ4n) is 2.65. The molecule has 0 radical (unpaired) electrons. The Labute approximate surface area is 85.4 Å². The lowest BCUT2D eigenvalue weighted by molar-refractivity contribution is -0.180. The molecule has 1 aliphatic heterocycles. The van der Waals surface area contributed by atoms with Gasteiger partial charge in [0.1, 0.15) is 0 Å². The number of hydrogen-bond acceptors (Lipinski definition) is 3. The van der Waals surface area contributed by atoms with E-state index in [1.807, 2.05) is 6.92 Å². The molecular weight excluding hydrogens is 180 g/mol. The smallest absolute Gasteiger partial charge is 0.0726 e. The summed E-state index contributed by atoms with van der Waals surface area (Å²) in [7, 11) is 0. The van der Waals surface area contributed by atoms with Crippen molar-refractivity contribution in [1.29, 1.82) is 0 Å². The maximum Gasteiger partial charge on any atom is 0.0726 e. The van der Waals surface area contributed by atoms with Gasteiger partial charge in [0.25, 0.3) is 0 Å². The third-order valence-corrected chi connectivity index (χ3v) is 3.55. The van der Waals surface area contributed by atoms with Gasteiger partial charge in [-0.2, -0.15) is 0 Å². The first-order valence-corrected chi connectivity index (χ1v) is 5.66. The quantitative estimate of drug-likeness (QED) is 0.747. The Balaban J connectivity index is 1.80. The van der Waals surface area contributed by atoms with Crippen LogP contribution in [0.5, 0.6) is 0 Å². The van der Waals surface area contributed by atoms with Gasteiger partial charge in [-0.25, -0.2) is 0 Å². The molecule has 0 unspecified atom stereocenters. The van der Waals surface area contributed by atoms with Crippen LogP contribution in [0.15, 0.2) is 0 Å². The van der Waals surface area contributed by atoms with Crippen molar-refractivity contribution in [3.63, 3.8) is 0 Å². The molecule has 0 aromatic carbocycles. The second kappa shape index (κ2) is 4.17. The zero-order chi connectivity index (χ0) is 10.0. The molecule has 0 aromatic heterocycles. The maximum absolute atomic E-state index is 10.3. The Morgan fingerprint density at radius 3 is 2.57 bits per heavy atom. The molecular formula is C11H20O3. The van der Waals surface area contributed by atoms with Crippen LogP contribution in [0.3, 0.4) is 0 Å². The van der Waals surface area contributed by atoms with Crippen LogP contribution in [-0.2, 0) is 9.47 Å². The van der Waals surface area contributed by atoms with Crippen LogP contribution in [0.25, 0.3) is 0 Å². The molecule has 3 heteroatoms. The summed E-state index contributed by atoms with van der Waals surface area (Å²) in [6.07, 6.45) is 3.97. The van der Waals surface area contributed by atoms with Crippen molar-refractivity contribution >= 4 is 0 Å². The largest absolute Gasteiger partial charge is 0.389 e. The predicted octanol–water partition coefficient (Wildman–Crippen LogP) is 1.34. The standard InChI is InChI=1S/C11H20O3/c1-2-14-10-7-11(12,8-10)9-3-5-13-6-4-9/h9-10,12H,2-8H2,1H3. The van der Waals surface area contributed by atoms with Crippen LogP contribution in [0.4, 0.5) is 0 Å². The zero-order valence-corrected chi connectivity index (χ0v) is 8.87. The first-order chi connectivity index (χ1) is 6.74. The van der Waals surface area contributed by atoms with Crippen molar-refractivity contribution in [2.24, 2.45) is 5.92 Å². The Morgan fingerprint density at radius 1 is 1.36 bits per heavy atom. The number of rotatable bonds is 3. The summed E-state index contributed by atoms with van der Waals surface area (Å²) in [6, 6.07) is 0. The monoisotopic (exact) mass is 200 g/mol. The van der Waals surface area contributed by atoms with Gasteiger partial charge in [0.05, 0.1) is 11.7 Å². The highest BCUT2D eigenvalue weighted by Crippen LogP contribution is 2.43. The van der Waals surface area contributed by atoms with E-state index in [2.05, 4.69) is 0 Å². The summed E-state index contributed by atoms with van der Waals surface area (Å²) in [5.74, 6) is 0.438. The van der Waals surface area contributed by atoms with Crippen LogP contribution < -0.4 is 0 Å². The van der Waals surface area contributed by atoms with E-state index in [4.69, 9.17) is 9.47 Å². The fourth-order valence-corrected chi connectivity index (χ4v) is 2.65. The molecule has 82 valence electrons. The molecule has 0 bridgehead atoms. The number of hydrogen-bond donors (Lipinski definition) is 1. The fraction of sp³-hybridized carbons (Fsp3) is 1.00. The van der Waals surface area contributed by atoms with Crippen molar-refractivity contribution in [3.8, 4) is 0 Å². The van der Waals surface area contributed by atoms with E-state index in [0.29, 0.717) is 12.0 Å². The van der Waals surface area contributed by atoms with E-state index in [9.17, 15) is 5.11 Å². The van der Waals surface area contributed by atoms with E-state index in [1.54, 1.807) is 0 Å². The van der Waals surface area contributed by atoms with E-state index in [0.717, 1.165) is 45.5 Å². The average Bonchev–Trinajstić information content (AvgIpc) is 2.17. The van der Waals surface area contributed by atoms with Crippen molar-refractivity contribution in [2.45, 2.75) is 44.3 Å². The third-order valence-electron chi connectivity index (χ3n) is 3.55. The maximum atomic E-state index is 10.3. The van der Waals surface area contributed by atoms with E-state index in [-0.39, 0.29) is 0 Å². The summed E-state index contributed by atoms with van der Waals surface area (Å²) >= 11 is 0. The van der Waals surface area contributed by atoms with Gasteiger partial charge in [0, 0.05) is 32.7 Å². The summed E-state index contributed by atoms with van der Waals surface area (Å²) in [4.78, 5) is 0. The Kier molecular flexibility index (Phi) is 3.10. The molecule has 0 amide bonds. The van der Waals surface area contributed by atoms with Gasteiger partial charge in [0.2, 0.25) is 0 Å². The van der Waals surface area contributed by atoms with Crippen molar-refractivity contribution < 1.29 is 14.6 Å². The molecule has 0 spiro atoms. The van der Waals surface area contributed by atoms with Gasteiger partial charge in [-0.3, -0.25) is 0 Å². The summed E-state index contributed by atoms with van der Waals surface area (Å²) in [6.45, 7) is 4.39. The molecule has 2 fully saturated rings. The van der Waals surface area contributed by atoms with Gasteiger partial charge in [0.15, 0.2) is 0 Å². The highest BCUT2D eigenvalue weighted by atomic mass is 16.5. The topological polar surface area (TPSA) is 38.7 Å². The van der Waals surface area contributed by atoms with E-state index >= 15 is 0 Å². The second-order valence-electron chi connectivity index (χ2n) is 4.48. The van der Waals surface area contributed by atoms with Gasteiger partial charge < -0.3 is 14.6 Å². The lowest BCUT2D eigenvalue weighted by Crippen LogP contribution is -2.54. The lowest BCUT2D eigenvalue weighted by Gasteiger charge is -2.49. The van der Waals surface area contributed by atoms with Gasteiger partial charge in [-0.05, 0) is 25.7 Å². The van der Waals surface area contributed by atoms with Crippen LogP contribution in [0, 0.1) is 5.92 Å². The summed E-state index contributed by atoms with van der Waals surface area (Å²) in [5.41, 5.74) is -0.441. The highest BCUT2D eigenvalue weighted by Gasteiger charge is 2.48. The minimum Gasteiger partial charge on any atom is -0.389 e. The lowest BCUT2D eigenvalue weighted by atomic mass is 9.67. The first-order valence-electron chi connectivity index (χ1n) is 5.66. The van der Waals surface area contributed by atoms with Gasteiger partial charge >= 0.3 is 0 Å². The van der Waals surface area contributed by atoms with Crippen molar-refractivity contribution in [1.82, 2.24) is 0 Å². The summed E-state index contributed by atoms with van der Waals surface area (Å²) < 4.78 is 10.8. The van der Waals surface area contributed by atoms with Crippen LogP contribution >= 0.6 is 0 Å². The minimum absolute atomic E-state index is 0.299. The Hall–Kier alpha value is -0.120. The molecule has 3 nitrogen and oxygen atoms in total. The summed E-state index contributed by atoms with van der Waals surface area (Å²) in [5, 5.41) is 10.3. The third kappa shape index (κ3) is 1.95. The SMILES string of the molecule is CCOC1CC(O)(C2CCOCC2)C1. The minimum atomic E-state index is -0.441. The Morgan fingerprint density at radius 2 is 2.00 bits per heavy atom. The molecule has 0 aromatic rings. The molecule has 1 saturated carbocycles.